The molecule has 0 bridgehead atoms. The Morgan fingerprint density at radius 1 is 0.672 bits per heavy atom. The number of nitrogens with one attached hydrogen (secondary N) is 1. The molecule has 17 heteroatoms. The molecule has 0 atom stereocenters. The van der Waals surface area contributed by atoms with Crippen molar-refractivity contribution in [1.82, 2.24) is 9.97 Å². The summed E-state index contributed by atoms with van der Waals surface area (Å²) in [5.74, 6) is -1.95. The lowest BCUT2D eigenvalue weighted by atomic mass is 10.0. The van der Waals surface area contributed by atoms with Gasteiger partial charge in [0.05, 0.1) is 15.7 Å². The number of alkyl halides is 4. The molecule has 1 N–H and O–H groups in total. The summed E-state index contributed by atoms with van der Waals surface area (Å²) >= 11 is 13.2. The fraction of sp³-hybridized carbons (Fsp3) is 0.171. The van der Waals surface area contributed by atoms with Crippen LogP contribution < -0.4 is 10.2 Å². The molecule has 304 valence electrons. The Hall–Kier alpha value is -4.61. The van der Waals surface area contributed by atoms with E-state index in [0.717, 1.165) is 53.2 Å². The number of carbonyl (C=O) groups excluding carboxylic acids is 4. The number of rotatable bonds is 8. The first-order valence-corrected chi connectivity index (χ1v) is 20.1. The molecule has 0 spiro atoms. The third-order valence-electron chi connectivity index (χ3n) is 7.48. The maximum absolute atomic E-state index is 13.3. The molecule has 8 nitrogen and oxygen atoms in total. The first kappa shape index (κ1) is 47.8. The first-order chi connectivity index (χ1) is 27.0. The van der Waals surface area contributed by atoms with Crippen LogP contribution in [0.15, 0.2) is 106 Å². The number of anilines is 2. The number of benzene rings is 4. The highest BCUT2D eigenvalue weighted by atomic mass is 79.9. The molecule has 4 aromatic carbocycles. The number of para-hydroxylation sites is 2. The van der Waals surface area contributed by atoms with Gasteiger partial charge in [-0.25, -0.2) is 32.4 Å². The number of halogens is 7. The Bertz CT molecular complexity index is 2370. The number of amides is 3. The highest BCUT2D eigenvalue weighted by molar-refractivity contribution is 9.10. The SMILES string of the molecule is C.CC(=O)Cl.CC(=O)N(C(=O)c1sc(C)nc1C(F)F)c1ccccc1-c1ccc(Br)cc1.Cc1nc(C(F)F)c(C(=O)Nc2ccccc2-c2ccc(Br)cc2)s1. The van der Waals surface area contributed by atoms with Crippen molar-refractivity contribution in [1.29, 1.82) is 0 Å². The molecule has 6 rings (SSSR count). The largest absolute Gasteiger partial charge is 0.321 e. The minimum atomic E-state index is -2.90. The van der Waals surface area contributed by atoms with E-state index in [1.807, 2.05) is 60.7 Å². The van der Waals surface area contributed by atoms with E-state index in [-0.39, 0.29) is 22.4 Å². The van der Waals surface area contributed by atoms with Crippen LogP contribution in [0.3, 0.4) is 0 Å². The minimum absolute atomic E-state index is 0. The van der Waals surface area contributed by atoms with E-state index in [1.165, 1.54) is 13.8 Å². The number of imide groups is 1. The van der Waals surface area contributed by atoms with Gasteiger partial charge in [0.15, 0.2) is 0 Å². The van der Waals surface area contributed by atoms with Crippen molar-refractivity contribution in [2.45, 2.75) is 48.0 Å². The number of hydrogen-bond donors (Lipinski definition) is 1. The summed E-state index contributed by atoms with van der Waals surface area (Å²) in [6.45, 7) is 5.66. The molecule has 0 aliphatic carbocycles. The van der Waals surface area contributed by atoms with Crippen LogP contribution in [0.5, 0.6) is 0 Å². The maximum Gasteiger partial charge on any atom is 0.282 e. The van der Waals surface area contributed by atoms with E-state index in [9.17, 15) is 36.7 Å². The van der Waals surface area contributed by atoms with Gasteiger partial charge in [-0.2, -0.15) is 0 Å². The number of carbonyl (C=O) groups is 4. The van der Waals surface area contributed by atoms with Crippen molar-refractivity contribution in [3.63, 3.8) is 0 Å². The standard InChI is InChI=1S/C20H15BrF2N2O2S.C18H13BrF2N2OS.C2H3ClO.CH4/c1-11-24-17(19(22)23)18(28-11)20(27)25(12(2)26)16-6-4-3-5-15(16)13-7-9-14(21)10-8-13;1-10-22-15(17(20)21)16(25-10)18(24)23-14-5-3-2-4-13(14)11-6-8-12(19)9-7-11;1-2(3)4;/h3-10,19H,1-2H3;2-9,17H,1H3,(H,23,24);1H3;1H4. The van der Waals surface area contributed by atoms with Crippen LogP contribution in [-0.2, 0) is 9.59 Å². The lowest BCUT2D eigenvalue weighted by Crippen LogP contribution is -2.35. The van der Waals surface area contributed by atoms with Crippen molar-refractivity contribution >= 4 is 100 Å². The van der Waals surface area contributed by atoms with Gasteiger partial charge in [-0.05, 0) is 73.0 Å². The van der Waals surface area contributed by atoms with Crippen molar-refractivity contribution in [2.24, 2.45) is 0 Å². The maximum atomic E-state index is 13.3. The van der Waals surface area contributed by atoms with Gasteiger partial charge < -0.3 is 5.32 Å². The highest BCUT2D eigenvalue weighted by Gasteiger charge is 2.31. The van der Waals surface area contributed by atoms with Crippen molar-refractivity contribution < 1.29 is 36.7 Å². The summed E-state index contributed by atoms with van der Waals surface area (Å²) in [4.78, 5) is 55.4. The van der Waals surface area contributed by atoms with Crippen molar-refractivity contribution in [3.05, 3.63) is 137 Å². The predicted octanol–water partition coefficient (Wildman–Crippen LogP) is 13.5. The fourth-order valence-corrected chi connectivity index (χ4v) is 7.42. The van der Waals surface area contributed by atoms with Gasteiger partial charge in [0, 0.05) is 39.6 Å². The van der Waals surface area contributed by atoms with Crippen LogP contribution in [-0.4, -0.2) is 32.9 Å². The molecule has 6 aromatic rings. The summed E-state index contributed by atoms with van der Waals surface area (Å²) in [6.07, 6.45) is -5.69. The average Bonchev–Trinajstić information content (AvgIpc) is 3.76. The summed E-state index contributed by atoms with van der Waals surface area (Å²) in [5, 5.41) is 3.14. The van der Waals surface area contributed by atoms with Crippen LogP contribution in [0.1, 0.15) is 74.9 Å². The van der Waals surface area contributed by atoms with Crippen molar-refractivity contribution in [2.75, 3.05) is 10.2 Å². The smallest absolute Gasteiger partial charge is 0.282 e. The first-order valence-electron chi connectivity index (χ1n) is 16.5. The van der Waals surface area contributed by atoms with E-state index in [4.69, 9.17) is 0 Å². The summed E-state index contributed by atoms with van der Waals surface area (Å²) in [6, 6.07) is 29.1. The summed E-state index contributed by atoms with van der Waals surface area (Å²) in [5.41, 5.74) is 2.96. The number of aromatic nitrogens is 2. The molecular formula is C41H35Br2ClF4N4O4S2. The molecule has 0 aliphatic rings. The van der Waals surface area contributed by atoms with Crippen LogP contribution >= 0.6 is 66.1 Å². The Labute approximate surface area is 362 Å². The number of aryl methyl sites for hydroxylation is 2. The molecule has 58 heavy (non-hydrogen) atoms. The molecule has 0 unspecified atom stereocenters. The summed E-state index contributed by atoms with van der Waals surface area (Å²) in [7, 11) is 0. The van der Waals surface area contributed by atoms with E-state index in [2.05, 4.69) is 58.7 Å². The molecule has 0 aliphatic heterocycles. The van der Waals surface area contributed by atoms with Gasteiger partial charge in [-0.1, -0.05) is 100.0 Å². The Morgan fingerprint density at radius 2 is 1.09 bits per heavy atom. The quantitative estimate of drug-likeness (QED) is 0.120. The second-order valence-electron chi connectivity index (χ2n) is 11.7. The normalized spacial score (nSPS) is 10.4. The van der Waals surface area contributed by atoms with Gasteiger partial charge in [0.1, 0.15) is 21.1 Å². The monoisotopic (exact) mass is 980 g/mol. The van der Waals surface area contributed by atoms with Crippen LogP contribution in [0.25, 0.3) is 22.3 Å². The predicted molar refractivity (Wildman–Crippen MR) is 231 cm³/mol. The molecule has 0 fully saturated rings. The van der Waals surface area contributed by atoms with Crippen LogP contribution in [0.4, 0.5) is 28.9 Å². The molecule has 0 radical (unpaired) electrons. The molecule has 0 saturated heterocycles. The topological polar surface area (TPSA) is 109 Å². The van der Waals surface area contributed by atoms with Gasteiger partial charge >= 0.3 is 0 Å². The Morgan fingerprint density at radius 3 is 1.57 bits per heavy atom. The zero-order valence-electron chi connectivity index (χ0n) is 30.3. The third kappa shape index (κ3) is 12.7. The second-order valence-corrected chi connectivity index (χ2v) is 16.4. The van der Waals surface area contributed by atoms with Crippen LogP contribution in [0.2, 0.25) is 0 Å². The Kier molecular flexibility index (Phi) is 18.1. The molecule has 3 amide bonds. The Balaban J connectivity index is 0.000000281. The van der Waals surface area contributed by atoms with E-state index in [1.54, 1.807) is 50.2 Å². The summed E-state index contributed by atoms with van der Waals surface area (Å²) < 4.78 is 54.7. The number of hydrogen-bond acceptors (Lipinski definition) is 8. The number of nitrogens with zero attached hydrogens (tertiary/aromatic N) is 3. The second kappa shape index (κ2) is 22.0. The van der Waals surface area contributed by atoms with Gasteiger partial charge in [-0.3, -0.25) is 19.2 Å². The zero-order valence-corrected chi connectivity index (χ0v) is 35.9. The third-order valence-corrected chi connectivity index (χ3v) is 10.5. The van der Waals surface area contributed by atoms with E-state index in [0.29, 0.717) is 27.0 Å². The fourth-order valence-electron chi connectivity index (χ4n) is 5.22. The molecular weight excluding hydrogens is 948 g/mol. The van der Waals surface area contributed by atoms with Crippen LogP contribution in [0, 0.1) is 13.8 Å². The van der Waals surface area contributed by atoms with Gasteiger partial charge in [-0.15, -0.1) is 22.7 Å². The molecule has 0 saturated carbocycles. The average molecular weight is 983 g/mol. The molecule has 2 heterocycles. The van der Waals surface area contributed by atoms with Crippen molar-refractivity contribution in [3.8, 4) is 22.3 Å². The van der Waals surface area contributed by atoms with Gasteiger partial charge in [0.25, 0.3) is 24.7 Å². The lowest BCUT2D eigenvalue weighted by molar-refractivity contribution is -0.116. The minimum Gasteiger partial charge on any atom is -0.321 e. The zero-order chi connectivity index (χ0) is 42.0. The number of thiazole rings is 2. The highest BCUT2D eigenvalue weighted by Crippen LogP contribution is 2.36. The lowest BCUT2D eigenvalue weighted by Gasteiger charge is -2.22. The van der Waals surface area contributed by atoms with Gasteiger partial charge in [0.2, 0.25) is 11.1 Å². The van der Waals surface area contributed by atoms with E-state index >= 15 is 0 Å². The molecule has 2 aromatic heterocycles. The van der Waals surface area contributed by atoms with E-state index < -0.39 is 42.0 Å².